The van der Waals surface area contributed by atoms with E-state index < -0.39 is 10.8 Å². The van der Waals surface area contributed by atoms with Crippen LogP contribution in [0.25, 0.3) is 0 Å². The van der Waals surface area contributed by atoms with Gasteiger partial charge in [0, 0.05) is 28.2 Å². The van der Waals surface area contributed by atoms with E-state index in [1.807, 2.05) is 0 Å². The van der Waals surface area contributed by atoms with Gasteiger partial charge in [0.25, 0.3) is 0 Å². The number of rotatable bonds is 2. The maximum atomic E-state index is 11.2. The smallest absolute Gasteiger partial charge is 0.210 e. The highest BCUT2D eigenvalue weighted by Crippen LogP contribution is 2.26. The van der Waals surface area contributed by atoms with Crippen molar-refractivity contribution >= 4 is 10.8 Å². The van der Waals surface area contributed by atoms with Crippen LogP contribution >= 0.6 is 0 Å². The summed E-state index contributed by atoms with van der Waals surface area (Å²) in [5.41, 5.74) is 0. The number of H-pyrrole nitrogens is 1. The van der Waals surface area contributed by atoms with E-state index >= 15 is 0 Å². The Labute approximate surface area is 85.5 Å². The fraction of sp³-hybridized carbons (Fsp3) is 0.667. The Balaban J connectivity index is 2.04. The third kappa shape index (κ3) is 1.97. The van der Waals surface area contributed by atoms with Gasteiger partial charge in [0.05, 0.1) is 13.3 Å². The zero-order valence-corrected chi connectivity index (χ0v) is 8.97. The minimum Gasteiger partial charge on any atom is -0.481 e. The summed E-state index contributed by atoms with van der Waals surface area (Å²) >= 11 is 0. The molecule has 0 aromatic carbocycles. The molecular formula is C9H14N2O2S. The first-order valence-corrected chi connectivity index (χ1v) is 6.22. The van der Waals surface area contributed by atoms with E-state index in [0.29, 0.717) is 11.8 Å². The Hall–Kier alpha value is -0.840. The molecule has 78 valence electrons. The van der Waals surface area contributed by atoms with Gasteiger partial charge in [-0.1, -0.05) is 0 Å². The van der Waals surface area contributed by atoms with Crippen LogP contribution in [0.3, 0.4) is 0 Å². The lowest BCUT2D eigenvalue weighted by Crippen LogP contribution is -2.17. The monoisotopic (exact) mass is 214 g/mol. The number of aromatic nitrogens is 2. The van der Waals surface area contributed by atoms with Crippen LogP contribution < -0.4 is 4.74 Å². The summed E-state index contributed by atoms with van der Waals surface area (Å²) in [4.78, 5) is 7.37. The molecule has 2 heterocycles. The molecule has 1 aliphatic rings. The number of aromatic amines is 1. The summed E-state index contributed by atoms with van der Waals surface area (Å²) < 4.78 is 16.2. The Morgan fingerprint density at radius 3 is 2.86 bits per heavy atom. The average Bonchev–Trinajstić information content (AvgIpc) is 2.67. The van der Waals surface area contributed by atoms with Crippen LogP contribution in [-0.4, -0.2) is 32.8 Å². The summed E-state index contributed by atoms with van der Waals surface area (Å²) in [5.74, 6) is 3.70. The zero-order valence-electron chi connectivity index (χ0n) is 8.16. The molecule has 14 heavy (non-hydrogen) atoms. The lowest BCUT2D eigenvalue weighted by Gasteiger charge is -2.18. The number of hydrogen-bond acceptors (Lipinski definition) is 3. The van der Waals surface area contributed by atoms with Crippen molar-refractivity contribution in [1.29, 1.82) is 0 Å². The number of methoxy groups -OCH3 is 1. The topological polar surface area (TPSA) is 55.0 Å². The first-order chi connectivity index (χ1) is 6.79. The lowest BCUT2D eigenvalue weighted by molar-refractivity contribution is 0.398. The van der Waals surface area contributed by atoms with Crippen LogP contribution in [0.2, 0.25) is 0 Å². The normalized spacial score (nSPS) is 27.5. The molecule has 0 unspecified atom stereocenters. The lowest BCUT2D eigenvalue weighted by atomic mass is 10.0. The summed E-state index contributed by atoms with van der Waals surface area (Å²) in [6.07, 6.45) is 3.62. The van der Waals surface area contributed by atoms with Crippen molar-refractivity contribution in [2.75, 3.05) is 18.6 Å². The predicted octanol–water partition coefficient (Wildman–Crippen LogP) is 1.04. The Kier molecular flexibility index (Phi) is 2.86. The molecule has 1 aromatic rings. The highest BCUT2D eigenvalue weighted by molar-refractivity contribution is 7.85. The van der Waals surface area contributed by atoms with Crippen LogP contribution in [-0.2, 0) is 10.8 Å². The number of imidazole rings is 1. The van der Waals surface area contributed by atoms with Crippen LogP contribution in [0.15, 0.2) is 6.20 Å². The van der Waals surface area contributed by atoms with E-state index in [1.54, 1.807) is 13.3 Å². The number of hydrogen-bond donors (Lipinski definition) is 1. The number of nitrogens with zero attached hydrogens (tertiary/aromatic N) is 1. The molecule has 5 heteroatoms. The van der Waals surface area contributed by atoms with Gasteiger partial charge < -0.3 is 9.72 Å². The molecule has 0 radical (unpaired) electrons. The van der Waals surface area contributed by atoms with Gasteiger partial charge in [-0.25, -0.2) is 4.98 Å². The molecule has 0 saturated carbocycles. The van der Waals surface area contributed by atoms with Gasteiger partial charge in [0.15, 0.2) is 0 Å². The Morgan fingerprint density at radius 2 is 2.29 bits per heavy atom. The third-order valence-electron chi connectivity index (χ3n) is 2.57. The van der Waals surface area contributed by atoms with Gasteiger partial charge in [-0.15, -0.1) is 0 Å². The predicted molar refractivity (Wildman–Crippen MR) is 55.0 cm³/mol. The third-order valence-corrected chi connectivity index (χ3v) is 3.95. The molecule has 0 amide bonds. The molecule has 1 aromatic heterocycles. The summed E-state index contributed by atoms with van der Waals surface area (Å²) in [6, 6.07) is 0. The highest BCUT2D eigenvalue weighted by Gasteiger charge is 2.21. The SMILES string of the molecule is COc1cnc(C2CCS(=O)CC2)[nH]1. The quantitative estimate of drug-likeness (QED) is 0.800. The molecule has 2 rings (SSSR count). The minimum absolute atomic E-state index is 0.427. The van der Waals surface area contributed by atoms with Crippen LogP contribution in [0.4, 0.5) is 0 Å². The summed E-state index contributed by atoms with van der Waals surface area (Å²) in [6.45, 7) is 0. The van der Waals surface area contributed by atoms with E-state index in [2.05, 4.69) is 9.97 Å². The second-order valence-corrected chi connectivity index (χ2v) is 5.16. The number of nitrogens with one attached hydrogen (secondary N) is 1. The van der Waals surface area contributed by atoms with Crippen molar-refractivity contribution in [3.8, 4) is 5.88 Å². The second-order valence-electron chi connectivity index (χ2n) is 3.46. The van der Waals surface area contributed by atoms with E-state index in [-0.39, 0.29) is 0 Å². The minimum atomic E-state index is -0.603. The second kappa shape index (κ2) is 4.13. The zero-order chi connectivity index (χ0) is 9.97. The largest absolute Gasteiger partial charge is 0.481 e. The first-order valence-electron chi connectivity index (χ1n) is 4.73. The van der Waals surface area contributed by atoms with Crippen molar-refractivity contribution in [3.05, 3.63) is 12.0 Å². The van der Waals surface area contributed by atoms with Gasteiger partial charge >= 0.3 is 0 Å². The molecule has 0 atom stereocenters. The van der Waals surface area contributed by atoms with Gasteiger partial charge in [-0.3, -0.25) is 4.21 Å². The van der Waals surface area contributed by atoms with E-state index in [9.17, 15) is 4.21 Å². The van der Waals surface area contributed by atoms with Gasteiger partial charge in [0.2, 0.25) is 5.88 Å². The van der Waals surface area contributed by atoms with Gasteiger partial charge in [-0.2, -0.15) is 0 Å². The molecule has 4 nitrogen and oxygen atoms in total. The van der Waals surface area contributed by atoms with E-state index in [0.717, 1.165) is 30.2 Å². The van der Waals surface area contributed by atoms with E-state index in [4.69, 9.17) is 4.74 Å². The highest BCUT2D eigenvalue weighted by atomic mass is 32.2. The molecule has 1 aliphatic heterocycles. The van der Waals surface area contributed by atoms with Crippen LogP contribution in [0.5, 0.6) is 5.88 Å². The Morgan fingerprint density at radius 1 is 1.57 bits per heavy atom. The van der Waals surface area contributed by atoms with Gasteiger partial charge in [-0.05, 0) is 12.8 Å². The molecule has 0 bridgehead atoms. The van der Waals surface area contributed by atoms with Crippen molar-refractivity contribution in [2.45, 2.75) is 18.8 Å². The van der Waals surface area contributed by atoms with Crippen molar-refractivity contribution in [1.82, 2.24) is 9.97 Å². The maximum Gasteiger partial charge on any atom is 0.210 e. The van der Waals surface area contributed by atoms with Crippen LogP contribution in [0, 0.1) is 0 Å². The molecule has 1 fully saturated rings. The average molecular weight is 214 g/mol. The van der Waals surface area contributed by atoms with Crippen molar-refractivity contribution < 1.29 is 8.95 Å². The van der Waals surface area contributed by atoms with Crippen molar-refractivity contribution in [2.24, 2.45) is 0 Å². The van der Waals surface area contributed by atoms with Crippen molar-refractivity contribution in [3.63, 3.8) is 0 Å². The fourth-order valence-electron chi connectivity index (χ4n) is 1.70. The van der Waals surface area contributed by atoms with E-state index in [1.165, 1.54) is 0 Å². The fourth-order valence-corrected chi connectivity index (χ4v) is 3.00. The van der Waals surface area contributed by atoms with Gasteiger partial charge in [0.1, 0.15) is 5.82 Å². The maximum absolute atomic E-state index is 11.2. The number of ether oxygens (including phenoxy) is 1. The standard InChI is InChI=1S/C9H14N2O2S/c1-13-8-6-10-9(11-8)7-2-4-14(12)5-3-7/h6-7H,2-5H2,1H3,(H,10,11). The molecule has 1 saturated heterocycles. The molecular weight excluding hydrogens is 200 g/mol. The van der Waals surface area contributed by atoms with Crippen LogP contribution in [0.1, 0.15) is 24.6 Å². The summed E-state index contributed by atoms with van der Waals surface area (Å²) in [7, 11) is 1.02. The molecule has 0 spiro atoms. The first kappa shape index (κ1) is 9.71. The molecule has 0 aliphatic carbocycles. The Bertz CT molecular complexity index is 327. The molecule has 1 N–H and O–H groups in total. The summed E-state index contributed by atoms with van der Waals surface area (Å²) in [5, 5.41) is 0.